The molecule has 0 saturated carbocycles. The SMILES string of the molecule is NN(C(=O)/C=C/c1ccccc1)C(=O)C(Cl)(Cl)Cl. The van der Waals surface area contributed by atoms with Crippen LogP contribution >= 0.6 is 34.8 Å². The lowest BCUT2D eigenvalue weighted by molar-refractivity contribution is -0.141. The predicted octanol–water partition coefficient (Wildman–Crippen LogP) is 2.30. The molecule has 0 aliphatic carbocycles. The van der Waals surface area contributed by atoms with Crippen LogP contribution in [0.4, 0.5) is 0 Å². The summed E-state index contributed by atoms with van der Waals surface area (Å²) in [5, 5.41) is 0.256. The largest absolute Gasteiger partial charge is 0.295 e. The lowest BCUT2D eigenvalue weighted by Crippen LogP contribution is -2.47. The number of hydrogen-bond acceptors (Lipinski definition) is 3. The van der Waals surface area contributed by atoms with Crippen molar-refractivity contribution in [3.8, 4) is 0 Å². The van der Waals surface area contributed by atoms with E-state index in [-0.39, 0.29) is 5.01 Å². The summed E-state index contributed by atoms with van der Waals surface area (Å²) in [6.07, 6.45) is 2.61. The number of halogens is 3. The number of hydrazine groups is 1. The van der Waals surface area contributed by atoms with Crippen LogP contribution in [-0.4, -0.2) is 20.6 Å². The Labute approximate surface area is 119 Å². The van der Waals surface area contributed by atoms with E-state index in [0.29, 0.717) is 0 Å². The Kier molecular flexibility index (Phi) is 5.16. The van der Waals surface area contributed by atoms with E-state index in [1.54, 1.807) is 24.3 Å². The molecule has 0 fully saturated rings. The number of rotatable bonds is 2. The van der Waals surface area contributed by atoms with Gasteiger partial charge in [-0.1, -0.05) is 65.1 Å². The smallest absolute Gasteiger partial charge is 0.268 e. The molecule has 0 radical (unpaired) electrons. The zero-order chi connectivity index (χ0) is 13.8. The molecule has 2 N–H and O–H groups in total. The molecular weight excluding hydrogens is 298 g/mol. The maximum absolute atomic E-state index is 11.5. The van der Waals surface area contributed by atoms with E-state index < -0.39 is 15.6 Å². The Balaban J connectivity index is 2.72. The van der Waals surface area contributed by atoms with Gasteiger partial charge in [0.25, 0.3) is 15.6 Å². The first-order chi connectivity index (χ1) is 8.32. The van der Waals surface area contributed by atoms with Crippen molar-refractivity contribution in [3.63, 3.8) is 0 Å². The van der Waals surface area contributed by atoms with Crippen LogP contribution in [0.25, 0.3) is 6.08 Å². The van der Waals surface area contributed by atoms with Crippen molar-refractivity contribution in [2.75, 3.05) is 0 Å². The van der Waals surface area contributed by atoms with Gasteiger partial charge in [-0.2, -0.15) is 0 Å². The van der Waals surface area contributed by atoms with Crippen LogP contribution < -0.4 is 5.84 Å². The first kappa shape index (κ1) is 15.0. The van der Waals surface area contributed by atoms with Crippen molar-refractivity contribution >= 4 is 52.7 Å². The minimum Gasteiger partial charge on any atom is -0.268 e. The lowest BCUT2D eigenvalue weighted by Gasteiger charge is -2.17. The van der Waals surface area contributed by atoms with Crippen molar-refractivity contribution < 1.29 is 9.59 Å². The second-order valence-electron chi connectivity index (χ2n) is 3.26. The number of benzene rings is 1. The zero-order valence-electron chi connectivity index (χ0n) is 9.02. The molecule has 0 aliphatic heterocycles. The topological polar surface area (TPSA) is 63.4 Å². The molecule has 1 aromatic rings. The van der Waals surface area contributed by atoms with Gasteiger partial charge in [-0.05, 0) is 11.6 Å². The van der Waals surface area contributed by atoms with Gasteiger partial charge in [0, 0.05) is 6.08 Å². The average molecular weight is 308 g/mol. The monoisotopic (exact) mass is 306 g/mol. The molecule has 0 bridgehead atoms. The Morgan fingerprint density at radius 2 is 1.72 bits per heavy atom. The van der Waals surface area contributed by atoms with E-state index in [1.165, 1.54) is 6.08 Å². The minimum absolute atomic E-state index is 0.256. The molecule has 0 saturated heterocycles. The molecule has 4 nitrogen and oxygen atoms in total. The van der Waals surface area contributed by atoms with Crippen LogP contribution in [0, 0.1) is 0 Å². The van der Waals surface area contributed by atoms with Crippen LogP contribution in [0.1, 0.15) is 5.56 Å². The van der Waals surface area contributed by atoms with Gasteiger partial charge in [-0.15, -0.1) is 0 Å². The van der Waals surface area contributed by atoms with Crippen molar-refractivity contribution in [2.45, 2.75) is 3.79 Å². The van der Waals surface area contributed by atoms with Gasteiger partial charge in [0.1, 0.15) is 0 Å². The molecule has 0 spiro atoms. The van der Waals surface area contributed by atoms with Crippen molar-refractivity contribution in [1.82, 2.24) is 5.01 Å². The van der Waals surface area contributed by atoms with Crippen LogP contribution in [-0.2, 0) is 9.59 Å². The lowest BCUT2D eigenvalue weighted by atomic mass is 10.2. The van der Waals surface area contributed by atoms with Gasteiger partial charge in [0.05, 0.1) is 0 Å². The normalized spacial score (nSPS) is 11.6. The quantitative estimate of drug-likeness (QED) is 0.300. The van der Waals surface area contributed by atoms with E-state index in [9.17, 15) is 9.59 Å². The molecule has 18 heavy (non-hydrogen) atoms. The zero-order valence-corrected chi connectivity index (χ0v) is 11.3. The van der Waals surface area contributed by atoms with E-state index in [4.69, 9.17) is 40.6 Å². The summed E-state index contributed by atoms with van der Waals surface area (Å²) in [5.74, 6) is 3.34. The van der Waals surface area contributed by atoms with E-state index in [0.717, 1.165) is 11.6 Å². The second kappa shape index (κ2) is 6.20. The standard InChI is InChI=1S/C11H9Cl3N2O2/c12-11(13,14)10(18)16(15)9(17)7-6-8-4-2-1-3-5-8/h1-7H,15H2/b7-6+. The third-order valence-electron chi connectivity index (χ3n) is 1.92. The number of nitrogens with zero attached hydrogens (tertiary/aromatic N) is 1. The fourth-order valence-corrected chi connectivity index (χ4v) is 1.32. The molecule has 7 heteroatoms. The Morgan fingerprint density at radius 3 is 2.22 bits per heavy atom. The van der Waals surface area contributed by atoms with Crippen LogP contribution in [0.2, 0.25) is 0 Å². The molecule has 2 amide bonds. The van der Waals surface area contributed by atoms with Gasteiger partial charge in [-0.25, -0.2) is 10.9 Å². The number of amides is 2. The number of nitrogens with two attached hydrogens (primary N) is 1. The Bertz CT molecular complexity index is 469. The maximum Gasteiger partial charge on any atom is 0.295 e. The van der Waals surface area contributed by atoms with Gasteiger partial charge in [0.2, 0.25) is 0 Å². The summed E-state index contributed by atoms with van der Waals surface area (Å²) in [4.78, 5) is 22.9. The third-order valence-corrected chi connectivity index (χ3v) is 2.40. The maximum atomic E-state index is 11.5. The highest BCUT2D eigenvalue weighted by Crippen LogP contribution is 2.27. The Hall–Kier alpha value is -1.07. The number of carbonyl (C=O) groups is 2. The van der Waals surface area contributed by atoms with Gasteiger partial charge in [-0.3, -0.25) is 9.59 Å². The molecule has 0 aliphatic rings. The number of hydrogen-bond donors (Lipinski definition) is 1. The molecule has 1 aromatic carbocycles. The number of carbonyl (C=O) groups excluding carboxylic acids is 2. The molecule has 1 rings (SSSR count). The number of imide groups is 1. The highest BCUT2D eigenvalue weighted by molar-refractivity contribution is 6.76. The summed E-state index contributed by atoms with van der Waals surface area (Å²) in [7, 11) is 0. The fourth-order valence-electron chi connectivity index (χ4n) is 1.05. The minimum atomic E-state index is -2.26. The summed E-state index contributed by atoms with van der Waals surface area (Å²) in [5.41, 5.74) is 0.778. The highest BCUT2D eigenvalue weighted by Gasteiger charge is 2.36. The summed E-state index contributed by atoms with van der Waals surface area (Å²) < 4.78 is -2.26. The molecule has 0 unspecified atom stereocenters. The van der Waals surface area contributed by atoms with Crippen molar-refractivity contribution in [2.24, 2.45) is 5.84 Å². The predicted molar refractivity (Wildman–Crippen MR) is 71.8 cm³/mol. The van der Waals surface area contributed by atoms with E-state index in [1.807, 2.05) is 6.07 Å². The highest BCUT2D eigenvalue weighted by atomic mass is 35.6. The molecule has 0 heterocycles. The first-order valence-electron chi connectivity index (χ1n) is 4.75. The number of alkyl halides is 3. The Morgan fingerprint density at radius 1 is 1.17 bits per heavy atom. The molecular formula is C11H9Cl3N2O2. The molecule has 0 aromatic heterocycles. The van der Waals surface area contributed by atoms with Crippen LogP contribution in [0.3, 0.4) is 0 Å². The van der Waals surface area contributed by atoms with Crippen LogP contribution in [0.15, 0.2) is 36.4 Å². The fraction of sp³-hybridized carbons (Fsp3) is 0.0909. The molecule has 96 valence electrons. The second-order valence-corrected chi connectivity index (χ2v) is 5.54. The van der Waals surface area contributed by atoms with Crippen molar-refractivity contribution in [1.29, 1.82) is 0 Å². The average Bonchev–Trinajstić information content (AvgIpc) is 2.34. The van der Waals surface area contributed by atoms with E-state index in [2.05, 4.69) is 0 Å². The van der Waals surface area contributed by atoms with Crippen LogP contribution in [0.5, 0.6) is 0 Å². The summed E-state index contributed by atoms with van der Waals surface area (Å²) >= 11 is 16.0. The molecule has 0 atom stereocenters. The van der Waals surface area contributed by atoms with Crippen molar-refractivity contribution in [3.05, 3.63) is 42.0 Å². The van der Waals surface area contributed by atoms with Gasteiger partial charge >= 0.3 is 0 Å². The summed E-state index contributed by atoms with van der Waals surface area (Å²) in [6.45, 7) is 0. The third kappa shape index (κ3) is 4.31. The van der Waals surface area contributed by atoms with Gasteiger partial charge < -0.3 is 0 Å². The first-order valence-corrected chi connectivity index (χ1v) is 5.89. The van der Waals surface area contributed by atoms with E-state index >= 15 is 0 Å². The van der Waals surface area contributed by atoms with Gasteiger partial charge in [0.15, 0.2) is 0 Å². The summed E-state index contributed by atoms with van der Waals surface area (Å²) in [6, 6.07) is 9.00.